The molecule has 0 amide bonds. The molecule has 0 aliphatic rings. The topological polar surface area (TPSA) is 20.2 Å². The lowest BCUT2D eigenvalue weighted by Crippen LogP contribution is -2.10. The summed E-state index contributed by atoms with van der Waals surface area (Å²) in [4.78, 5) is 0. The van der Waals surface area contributed by atoms with Crippen molar-refractivity contribution in [1.82, 2.24) is 0 Å². The maximum absolute atomic E-state index is 9.36. The van der Waals surface area contributed by atoms with Gasteiger partial charge in [-0.25, -0.2) is 0 Å². The van der Waals surface area contributed by atoms with Crippen LogP contribution >= 0.6 is 27.7 Å². The molecule has 0 spiro atoms. The number of rotatable bonds is 7. The standard InChI is InChI=1S/C13H19BrOS/c1-16-8-4-5-11(10-15)9-12-6-2-3-7-13(12)14/h2-3,6-7,11,15H,4-5,8-10H2,1H3. The second kappa shape index (κ2) is 8.15. The van der Waals surface area contributed by atoms with E-state index < -0.39 is 0 Å². The van der Waals surface area contributed by atoms with Crippen LogP contribution in [0.25, 0.3) is 0 Å². The average molecular weight is 303 g/mol. The second-order valence-corrected chi connectivity index (χ2v) is 5.82. The number of hydrogen-bond acceptors (Lipinski definition) is 2. The Hall–Kier alpha value is 0.01000. The Morgan fingerprint density at radius 1 is 1.38 bits per heavy atom. The van der Waals surface area contributed by atoms with Gasteiger partial charge in [-0.2, -0.15) is 11.8 Å². The second-order valence-electron chi connectivity index (χ2n) is 3.98. The highest BCUT2D eigenvalue weighted by Gasteiger charge is 2.10. The third kappa shape index (κ3) is 4.89. The van der Waals surface area contributed by atoms with E-state index in [1.807, 2.05) is 17.8 Å². The minimum Gasteiger partial charge on any atom is -0.396 e. The Kier molecular flexibility index (Phi) is 7.17. The fourth-order valence-electron chi connectivity index (χ4n) is 1.75. The molecule has 3 heteroatoms. The van der Waals surface area contributed by atoms with Crippen molar-refractivity contribution in [1.29, 1.82) is 0 Å². The van der Waals surface area contributed by atoms with Gasteiger partial charge in [0.05, 0.1) is 0 Å². The van der Waals surface area contributed by atoms with Gasteiger partial charge in [0.25, 0.3) is 0 Å². The van der Waals surface area contributed by atoms with Crippen molar-refractivity contribution < 1.29 is 5.11 Å². The van der Waals surface area contributed by atoms with E-state index in [0.717, 1.165) is 17.3 Å². The van der Waals surface area contributed by atoms with Gasteiger partial charge in [0.15, 0.2) is 0 Å². The first-order valence-electron chi connectivity index (χ1n) is 5.61. The quantitative estimate of drug-likeness (QED) is 0.774. The lowest BCUT2D eigenvalue weighted by molar-refractivity contribution is 0.217. The van der Waals surface area contributed by atoms with E-state index in [4.69, 9.17) is 0 Å². The number of hydrogen-bond donors (Lipinski definition) is 1. The molecule has 90 valence electrons. The third-order valence-corrected chi connectivity index (χ3v) is 4.16. The molecule has 1 N–H and O–H groups in total. The molecule has 0 heterocycles. The molecule has 0 radical (unpaired) electrons. The molecule has 0 saturated heterocycles. The maximum Gasteiger partial charge on any atom is 0.0462 e. The number of benzene rings is 1. The van der Waals surface area contributed by atoms with Gasteiger partial charge in [0.1, 0.15) is 0 Å². The Morgan fingerprint density at radius 3 is 2.75 bits per heavy atom. The van der Waals surface area contributed by atoms with Crippen molar-refractivity contribution in [2.24, 2.45) is 5.92 Å². The summed E-state index contributed by atoms with van der Waals surface area (Å²) in [5.41, 5.74) is 1.30. The van der Waals surface area contributed by atoms with Crippen molar-refractivity contribution in [2.75, 3.05) is 18.6 Å². The van der Waals surface area contributed by atoms with E-state index in [2.05, 4.69) is 40.4 Å². The molecule has 0 fully saturated rings. The van der Waals surface area contributed by atoms with E-state index in [9.17, 15) is 5.11 Å². The van der Waals surface area contributed by atoms with Crippen LogP contribution in [0.5, 0.6) is 0 Å². The van der Waals surface area contributed by atoms with Crippen LogP contribution in [0, 0.1) is 5.92 Å². The highest BCUT2D eigenvalue weighted by molar-refractivity contribution is 9.10. The monoisotopic (exact) mass is 302 g/mol. The van der Waals surface area contributed by atoms with Crippen LogP contribution in [0.3, 0.4) is 0 Å². The molecule has 1 unspecified atom stereocenters. The number of aliphatic hydroxyl groups is 1. The molecule has 1 aromatic carbocycles. The van der Waals surface area contributed by atoms with Gasteiger partial charge in [-0.15, -0.1) is 0 Å². The summed E-state index contributed by atoms with van der Waals surface area (Å²) >= 11 is 5.42. The number of aliphatic hydroxyl groups excluding tert-OH is 1. The summed E-state index contributed by atoms with van der Waals surface area (Å²) in [5, 5.41) is 9.36. The Morgan fingerprint density at radius 2 is 2.12 bits per heavy atom. The molecule has 0 aliphatic heterocycles. The van der Waals surface area contributed by atoms with Crippen molar-refractivity contribution in [3.8, 4) is 0 Å². The van der Waals surface area contributed by atoms with Gasteiger partial charge in [-0.1, -0.05) is 34.1 Å². The van der Waals surface area contributed by atoms with Gasteiger partial charge in [-0.05, 0) is 48.8 Å². The molecule has 0 aliphatic carbocycles. The highest BCUT2D eigenvalue weighted by atomic mass is 79.9. The van der Waals surface area contributed by atoms with Crippen molar-refractivity contribution in [2.45, 2.75) is 19.3 Å². The molecule has 1 rings (SSSR count). The zero-order chi connectivity index (χ0) is 11.8. The van der Waals surface area contributed by atoms with Crippen LogP contribution in [0.15, 0.2) is 28.7 Å². The summed E-state index contributed by atoms with van der Waals surface area (Å²) in [6.45, 7) is 0.287. The molecular formula is C13H19BrOS. The smallest absolute Gasteiger partial charge is 0.0462 e. The molecule has 0 bridgehead atoms. The first-order valence-corrected chi connectivity index (χ1v) is 7.79. The average Bonchev–Trinajstić information content (AvgIpc) is 2.30. The minimum atomic E-state index is 0.287. The SMILES string of the molecule is CSCCCC(CO)Cc1ccccc1Br. The molecule has 1 atom stereocenters. The van der Waals surface area contributed by atoms with Crippen molar-refractivity contribution in [3.63, 3.8) is 0 Å². The first kappa shape index (κ1) is 14.1. The fraction of sp³-hybridized carbons (Fsp3) is 0.538. The summed E-state index contributed by atoms with van der Waals surface area (Å²) in [7, 11) is 0. The predicted molar refractivity (Wildman–Crippen MR) is 76.0 cm³/mol. The van der Waals surface area contributed by atoms with Crippen LogP contribution in [0.1, 0.15) is 18.4 Å². The third-order valence-electron chi connectivity index (χ3n) is 2.69. The molecule has 1 nitrogen and oxygen atoms in total. The van der Waals surface area contributed by atoms with Crippen LogP contribution in [-0.4, -0.2) is 23.7 Å². The first-order chi connectivity index (χ1) is 7.77. The number of halogens is 1. The highest BCUT2D eigenvalue weighted by Crippen LogP contribution is 2.21. The van der Waals surface area contributed by atoms with E-state index in [0.29, 0.717) is 5.92 Å². The van der Waals surface area contributed by atoms with E-state index >= 15 is 0 Å². The normalized spacial score (nSPS) is 12.7. The predicted octanol–water partition coefficient (Wildman–Crippen LogP) is 3.74. The van der Waals surface area contributed by atoms with E-state index in [1.165, 1.54) is 17.7 Å². The molecular weight excluding hydrogens is 284 g/mol. The molecule has 0 saturated carbocycles. The summed E-state index contributed by atoms with van der Waals surface area (Å²) in [6.07, 6.45) is 5.39. The molecule has 1 aromatic rings. The summed E-state index contributed by atoms with van der Waals surface area (Å²) in [5.74, 6) is 1.58. The van der Waals surface area contributed by atoms with Gasteiger partial charge in [-0.3, -0.25) is 0 Å². The van der Waals surface area contributed by atoms with Crippen LogP contribution in [0.2, 0.25) is 0 Å². The molecule has 0 aromatic heterocycles. The van der Waals surface area contributed by atoms with Gasteiger partial charge < -0.3 is 5.11 Å². The Bertz CT molecular complexity index is 304. The van der Waals surface area contributed by atoms with Crippen molar-refractivity contribution >= 4 is 27.7 Å². The summed E-state index contributed by atoms with van der Waals surface area (Å²) in [6, 6.07) is 8.26. The van der Waals surface area contributed by atoms with Crippen molar-refractivity contribution in [3.05, 3.63) is 34.3 Å². The fourth-order valence-corrected chi connectivity index (χ4v) is 2.65. The zero-order valence-electron chi connectivity index (χ0n) is 9.66. The van der Waals surface area contributed by atoms with E-state index in [-0.39, 0.29) is 6.61 Å². The zero-order valence-corrected chi connectivity index (χ0v) is 12.1. The van der Waals surface area contributed by atoms with Crippen LogP contribution in [-0.2, 0) is 6.42 Å². The minimum absolute atomic E-state index is 0.287. The van der Waals surface area contributed by atoms with Gasteiger partial charge in [0, 0.05) is 11.1 Å². The van der Waals surface area contributed by atoms with E-state index in [1.54, 1.807) is 0 Å². The summed E-state index contributed by atoms with van der Waals surface area (Å²) < 4.78 is 1.15. The lowest BCUT2D eigenvalue weighted by Gasteiger charge is -2.14. The molecule has 16 heavy (non-hydrogen) atoms. The Labute approximate surface area is 111 Å². The lowest BCUT2D eigenvalue weighted by atomic mass is 9.96. The van der Waals surface area contributed by atoms with Crippen LogP contribution in [0.4, 0.5) is 0 Å². The van der Waals surface area contributed by atoms with Crippen LogP contribution < -0.4 is 0 Å². The van der Waals surface area contributed by atoms with Gasteiger partial charge in [0.2, 0.25) is 0 Å². The maximum atomic E-state index is 9.36. The Balaban J connectivity index is 2.46. The largest absolute Gasteiger partial charge is 0.396 e. The van der Waals surface area contributed by atoms with Gasteiger partial charge >= 0.3 is 0 Å². The number of thioether (sulfide) groups is 1.